The lowest BCUT2D eigenvalue weighted by Crippen LogP contribution is -2.71. The topological polar surface area (TPSA) is 467 Å². The van der Waals surface area contributed by atoms with E-state index in [0.29, 0.717) is 0 Å². The summed E-state index contributed by atoms with van der Waals surface area (Å²) < 4.78 is 104. The second-order valence-electron chi connectivity index (χ2n) is 7.00. The maximum atomic E-state index is 12.0. The quantitative estimate of drug-likeness (QED) is 0.0599. The largest absolute Gasteiger partial charge is 0.490 e. The summed E-state index contributed by atoms with van der Waals surface area (Å²) in [5.41, 5.74) is 0. The molecule has 0 saturated heterocycles. The van der Waals surface area contributed by atoms with Gasteiger partial charge in [-0.1, -0.05) is 0 Å². The Kier molecular flexibility index (Phi) is 12.5. The summed E-state index contributed by atoms with van der Waals surface area (Å²) in [7, 11) is -45.4. The van der Waals surface area contributed by atoms with E-state index in [0.717, 1.165) is 0 Å². The van der Waals surface area contributed by atoms with Crippen LogP contribution in [-0.2, 0) is 62.3 Å². The van der Waals surface area contributed by atoms with Crippen LogP contribution >= 0.6 is 54.8 Å². The summed E-state index contributed by atoms with van der Waals surface area (Å²) in [6, 6.07) is 0. The van der Waals surface area contributed by atoms with Gasteiger partial charge < -0.3 is 69.8 Å². The predicted molar refractivity (Wildman–Crippen MR) is 114 cm³/mol. The number of hydrogen-bond donors (Lipinski definition) is 14. The number of aliphatic hydroxyl groups excluding tert-OH is 5. The zero-order valence-electron chi connectivity index (χ0n) is 18.5. The second-order valence-corrected chi connectivity index (χ2v) is 17.7. The van der Waals surface area contributed by atoms with Crippen LogP contribution in [0.25, 0.3) is 0 Å². The first-order valence-corrected chi connectivity index (χ1v) is 19.4. The number of aliphatic hydroxyl groups is 6. The van der Waals surface area contributed by atoms with E-state index >= 15 is 0 Å². The highest BCUT2D eigenvalue weighted by Crippen LogP contribution is 2.76. The first-order chi connectivity index (χ1) is 17.7. The Labute approximate surface area is 223 Å². The van der Waals surface area contributed by atoms with Crippen LogP contribution in [0, 0.1) is 0 Å². The van der Waals surface area contributed by atoms with Gasteiger partial charge in [-0.25, -0.2) is 36.5 Å². The van der Waals surface area contributed by atoms with Crippen LogP contribution < -0.4 is 0 Å². The molecule has 0 aliphatic heterocycles. The molecule has 35 heteroatoms. The molecule has 0 amide bonds. The maximum absolute atomic E-state index is 12.0. The zero-order chi connectivity index (χ0) is 32.8. The Balaban J connectivity index is 3.03. The van der Waals surface area contributed by atoms with Crippen molar-refractivity contribution in [3.8, 4) is 0 Å². The first kappa shape index (κ1) is 39.8. The highest BCUT2D eigenvalue weighted by atomic mass is 31.3. The van der Waals surface area contributed by atoms with E-state index in [1.54, 1.807) is 0 Å². The molecular weight excluding hydrogens is 737 g/mol. The summed E-state index contributed by atoms with van der Waals surface area (Å²) >= 11 is 0. The van der Waals surface area contributed by atoms with Crippen molar-refractivity contribution < 1.29 is 132 Å². The molecule has 1 aliphatic rings. The Morgan fingerprint density at radius 2 is 0.659 bits per heavy atom. The molecule has 0 radical (unpaired) electrons. The molecule has 0 heterocycles. The van der Waals surface area contributed by atoms with E-state index in [1.165, 1.54) is 0 Å². The van der Waals surface area contributed by atoms with Gasteiger partial charge in [-0.3, -0.25) is 0 Å². The van der Waals surface area contributed by atoms with Gasteiger partial charge in [0.1, 0.15) is 30.5 Å². The van der Waals surface area contributed by atoms with Crippen molar-refractivity contribution in [3.05, 3.63) is 0 Å². The van der Waals surface area contributed by atoms with Gasteiger partial charge in [-0.15, -0.1) is 0 Å². The number of phosphoric acid groups is 7. The van der Waals surface area contributed by atoms with Gasteiger partial charge in [0.25, 0.3) is 0 Å². The summed E-state index contributed by atoms with van der Waals surface area (Å²) in [5.74, 6) is -4.01. The van der Waals surface area contributed by atoms with E-state index in [2.05, 4.69) is 30.4 Å². The molecule has 0 bridgehead atoms. The minimum absolute atomic E-state index is 2.41. The molecule has 246 valence electrons. The van der Waals surface area contributed by atoms with Crippen molar-refractivity contribution in [2.24, 2.45) is 0 Å². The minimum Gasteiger partial charge on any atom is -0.387 e. The Morgan fingerprint density at radius 3 is 0.927 bits per heavy atom. The fraction of sp³-hybridized carbons (Fsp3) is 1.00. The molecule has 1 rings (SSSR count). The average molecular weight is 756 g/mol. The van der Waals surface area contributed by atoms with Gasteiger partial charge in [-0.05, 0) is 0 Å². The van der Waals surface area contributed by atoms with Gasteiger partial charge in [0.2, 0.25) is 5.79 Å². The van der Waals surface area contributed by atoms with Crippen LogP contribution in [0.1, 0.15) is 0 Å². The predicted octanol–water partition coefficient (Wildman–Crippen LogP) is -3.70. The van der Waals surface area contributed by atoms with Crippen LogP contribution in [0.3, 0.4) is 0 Å². The van der Waals surface area contributed by atoms with E-state index in [1.807, 2.05) is 0 Å². The molecule has 8 unspecified atom stereocenters. The molecule has 1 saturated carbocycles. The van der Waals surface area contributed by atoms with Crippen LogP contribution in [0.5, 0.6) is 0 Å². The Morgan fingerprint density at radius 1 is 0.415 bits per heavy atom. The fourth-order valence-electron chi connectivity index (χ4n) is 2.41. The van der Waals surface area contributed by atoms with E-state index in [-0.39, 0.29) is 0 Å². The smallest absolute Gasteiger partial charge is 0.387 e. The maximum Gasteiger partial charge on any atom is 0.490 e. The Hall–Kier alpha value is 0.770. The zero-order valence-corrected chi connectivity index (χ0v) is 24.8. The average Bonchev–Trinajstić information content (AvgIpc) is 2.62. The summed E-state index contributed by atoms with van der Waals surface area (Å²) in [6.45, 7) is 0. The Bertz CT molecular complexity index is 1280. The molecule has 1 aliphatic carbocycles. The van der Waals surface area contributed by atoms with Crippen LogP contribution in [0.4, 0.5) is 0 Å². The van der Waals surface area contributed by atoms with Crippen molar-refractivity contribution in [2.45, 2.75) is 36.3 Å². The van der Waals surface area contributed by atoms with Crippen molar-refractivity contribution >= 4 is 54.8 Å². The minimum atomic E-state index is -6.72. The van der Waals surface area contributed by atoms with Crippen molar-refractivity contribution in [1.82, 2.24) is 0 Å². The lowest BCUT2D eigenvalue weighted by atomic mass is 9.82. The summed E-state index contributed by atoms with van der Waals surface area (Å²) in [4.78, 5) is 72.3. The van der Waals surface area contributed by atoms with E-state index < -0.39 is 91.1 Å². The van der Waals surface area contributed by atoms with Crippen molar-refractivity contribution in [3.63, 3.8) is 0 Å². The molecule has 12 atom stereocenters. The third kappa shape index (κ3) is 12.2. The molecular formula is C6H19O28P7. The normalized spacial score (nSPS) is 36.5. The molecule has 0 aromatic rings. The molecule has 0 spiro atoms. The standard InChI is InChI=1S/C6H19O28P7/c7-1-2(8)4(10)6(12,5(11)3(1)9)28-36(16,17)30-38(20,21)32-40(24,25)34-41(26,27)33-39(22,23)31-37(18,19)29-35(13,14)15/h1-5,7-12H,(H,16,17)(H,18,19)(H,20,21)(H,22,23)(H,24,25)(H,26,27)(H2,13,14,15)/t1?,2-,3+,4-,5-,6?/m1/s1. The van der Waals surface area contributed by atoms with E-state index in [4.69, 9.17) is 19.6 Å². The fourth-order valence-corrected chi connectivity index (χ4v) is 11.4. The molecule has 28 nitrogen and oxygen atoms in total. The van der Waals surface area contributed by atoms with Crippen molar-refractivity contribution in [2.75, 3.05) is 0 Å². The van der Waals surface area contributed by atoms with E-state index in [9.17, 15) is 82.2 Å². The second kappa shape index (κ2) is 12.9. The van der Waals surface area contributed by atoms with Gasteiger partial charge in [0.05, 0.1) is 0 Å². The van der Waals surface area contributed by atoms with Gasteiger partial charge in [0.15, 0.2) is 0 Å². The summed E-state index contributed by atoms with van der Waals surface area (Å²) in [6.07, 6.45) is -13.6. The highest BCUT2D eigenvalue weighted by Gasteiger charge is 2.62. The highest BCUT2D eigenvalue weighted by molar-refractivity contribution is 7.73. The molecule has 0 aromatic carbocycles. The van der Waals surface area contributed by atoms with Crippen LogP contribution in [0.2, 0.25) is 0 Å². The van der Waals surface area contributed by atoms with Crippen LogP contribution in [0.15, 0.2) is 0 Å². The van der Waals surface area contributed by atoms with Gasteiger partial charge >= 0.3 is 54.8 Å². The molecule has 0 aromatic heterocycles. The lowest BCUT2D eigenvalue weighted by molar-refractivity contribution is -0.336. The molecule has 41 heavy (non-hydrogen) atoms. The monoisotopic (exact) mass is 756 g/mol. The first-order valence-electron chi connectivity index (χ1n) is 8.88. The van der Waals surface area contributed by atoms with Crippen molar-refractivity contribution in [1.29, 1.82) is 0 Å². The third-order valence-electron chi connectivity index (χ3n) is 3.70. The van der Waals surface area contributed by atoms with Gasteiger partial charge in [0, 0.05) is 0 Å². The molecule has 14 N–H and O–H groups in total. The number of phosphoric ester groups is 1. The SMILES string of the molecule is O=P(O)(O)OP(=O)(O)OP(=O)(O)OP(=O)(O)OP(=O)(O)OP(=O)(O)OP(=O)(O)OC1(O)[C@H](O)[C@H](O)C(O)[C@H](O)[C@H]1O. The van der Waals surface area contributed by atoms with Gasteiger partial charge in [-0.2, -0.15) is 25.9 Å². The van der Waals surface area contributed by atoms with Crippen LogP contribution in [-0.4, -0.2) is 106 Å². The summed E-state index contributed by atoms with van der Waals surface area (Å²) in [5, 5.41) is 58.0. The lowest BCUT2D eigenvalue weighted by Gasteiger charge is -2.46. The third-order valence-corrected chi connectivity index (χ3v) is 14.2. The number of hydrogen-bond acceptors (Lipinski definition) is 20. The molecule has 1 fully saturated rings. The number of rotatable bonds is 14.